The van der Waals surface area contributed by atoms with Gasteiger partial charge in [0, 0.05) is 24.4 Å². The van der Waals surface area contributed by atoms with Crippen LogP contribution in [0.5, 0.6) is 5.75 Å². The first-order valence-electron chi connectivity index (χ1n) is 10.4. The van der Waals surface area contributed by atoms with Gasteiger partial charge in [-0.2, -0.15) is 0 Å². The second-order valence-corrected chi connectivity index (χ2v) is 10.8. The number of rotatable bonds is 8. The van der Waals surface area contributed by atoms with Crippen LogP contribution in [0.2, 0.25) is 0 Å². The van der Waals surface area contributed by atoms with E-state index in [1.54, 1.807) is 30.3 Å². The van der Waals surface area contributed by atoms with Crippen molar-refractivity contribution in [3.8, 4) is 5.75 Å². The average molecular weight is 557 g/mol. The Bertz CT molecular complexity index is 1100. The van der Waals surface area contributed by atoms with Crippen LogP contribution in [0.4, 0.5) is 5.69 Å². The molecular formula is C22H26BrN3O5S2. The molecule has 1 unspecified atom stereocenters. The molecule has 2 aromatic rings. The number of ether oxygens (including phenoxy) is 2. The molecular weight excluding hydrogens is 530 g/mol. The van der Waals surface area contributed by atoms with Crippen molar-refractivity contribution in [2.45, 2.75) is 43.8 Å². The van der Waals surface area contributed by atoms with Crippen LogP contribution in [0.15, 0.2) is 51.8 Å². The van der Waals surface area contributed by atoms with Crippen molar-refractivity contribution in [3.05, 3.63) is 52.5 Å². The number of thiocarbonyl (C=S) groups is 1. The first-order chi connectivity index (χ1) is 15.6. The number of halogens is 1. The van der Waals surface area contributed by atoms with Crippen molar-refractivity contribution in [1.29, 1.82) is 0 Å². The zero-order valence-electron chi connectivity index (χ0n) is 18.3. The van der Waals surface area contributed by atoms with Gasteiger partial charge in [-0.1, -0.05) is 0 Å². The number of carbonyl (C=O) groups is 1. The largest absolute Gasteiger partial charge is 0.490 e. The number of carbonyl (C=O) groups excluding carboxylic acids is 1. The monoisotopic (exact) mass is 555 g/mol. The summed E-state index contributed by atoms with van der Waals surface area (Å²) < 4.78 is 39.2. The third kappa shape index (κ3) is 7.47. The molecule has 3 rings (SSSR count). The van der Waals surface area contributed by atoms with Gasteiger partial charge in [0.1, 0.15) is 5.75 Å². The molecule has 8 nitrogen and oxygen atoms in total. The normalized spacial score (nSPS) is 15.9. The van der Waals surface area contributed by atoms with E-state index in [4.69, 9.17) is 21.7 Å². The minimum absolute atomic E-state index is 0.0104. The molecule has 1 atom stereocenters. The Morgan fingerprint density at radius 2 is 1.97 bits per heavy atom. The Morgan fingerprint density at radius 1 is 1.24 bits per heavy atom. The maximum Gasteiger partial charge on any atom is 0.257 e. The molecule has 0 spiro atoms. The SMILES string of the molecule is CC(C)Oc1ccc(C(=O)NC(=S)Nc2ccc(S(=O)(=O)NCC3CCCO3)cc2)cc1Br. The van der Waals surface area contributed by atoms with E-state index < -0.39 is 10.0 Å². The Labute approximate surface area is 207 Å². The molecule has 0 saturated carbocycles. The second-order valence-electron chi connectivity index (χ2n) is 7.73. The van der Waals surface area contributed by atoms with Crippen LogP contribution < -0.4 is 20.1 Å². The molecule has 1 aliphatic rings. The summed E-state index contributed by atoms with van der Waals surface area (Å²) in [7, 11) is -3.64. The highest BCUT2D eigenvalue weighted by Gasteiger charge is 2.20. The van der Waals surface area contributed by atoms with E-state index in [0.29, 0.717) is 28.1 Å². The highest BCUT2D eigenvalue weighted by atomic mass is 79.9. The second kappa shape index (κ2) is 11.4. The van der Waals surface area contributed by atoms with Gasteiger partial charge in [0.15, 0.2) is 5.11 Å². The minimum atomic E-state index is -3.64. The fraction of sp³-hybridized carbons (Fsp3) is 0.364. The summed E-state index contributed by atoms with van der Waals surface area (Å²) in [6, 6.07) is 11.1. The van der Waals surface area contributed by atoms with Gasteiger partial charge in [-0.25, -0.2) is 13.1 Å². The molecule has 11 heteroatoms. The van der Waals surface area contributed by atoms with Crippen molar-refractivity contribution in [1.82, 2.24) is 10.0 Å². The van der Waals surface area contributed by atoms with Crippen molar-refractivity contribution >= 4 is 54.9 Å². The Balaban J connectivity index is 1.54. The maximum absolute atomic E-state index is 12.5. The number of benzene rings is 2. The van der Waals surface area contributed by atoms with Crippen LogP contribution >= 0.6 is 28.1 Å². The third-order valence-corrected chi connectivity index (χ3v) is 6.99. The zero-order valence-corrected chi connectivity index (χ0v) is 21.5. The van der Waals surface area contributed by atoms with Crippen LogP contribution in [-0.4, -0.2) is 44.8 Å². The summed E-state index contributed by atoms with van der Waals surface area (Å²) in [6.45, 7) is 4.75. The zero-order chi connectivity index (χ0) is 24.0. The quantitative estimate of drug-likeness (QED) is 0.425. The summed E-state index contributed by atoms with van der Waals surface area (Å²) in [4.78, 5) is 12.6. The molecule has 1 fully saturated rings. The summed E-state index contributed by atoms with van der Waals surface area (Å²) in [5.74, 6) is 0.254. The number of sulfonamides is 1. The fourth-order valence-electron chi connectivity index (χ4n) is 3.14. The van der Waals surface area contributed by atoms with Crippen LogP contribution in [0.3, 0.4) is 0 Å². The molecule has 1 aliphatic heterocycles. The van der Waals surface area contributed by atoms with Gasteiger partial charge in [0.05, 0.1) is 21.6 Å². The van der Waals surface area contributed by atoms with Crippen LogP contribution in [-0.2, 0) is 14.8 Å². The molecule has 0 aromatic heterocycles. The van der Waals surface area contributed by atoms with Crippen molar-refractivity contribution in [2.24, 2.45) is 0 Å². The van der Waals surface area contributed by atoms with Crippen molar-refractivity contribution in [2.75, 3.05) is 18.5 Å². The number of hydrogen-bond donors (Lipinski definition) is 3. The maximum atomic E-state index is 12.5. The predicted octanol–water partition coefficient (Wildman–Crippen LogP) is 3.82. The van der Waals surface area contributed by atoms with Gasteiger partial charge in [-0.05, 0) is 97.3 Å². The molecule has 2 aromatic carbocycles. The lowest BCUT2D eigenvalue weighted by atomic mass is 10.2. The molecule has 1 saturated heterocycles. The molecule has 0 aliphatic carbocycles. The molecule has 0 bridgehead atoms. The fourth-order valence-corrected chi connectivity index (χ4v) is 4.89. The van der Waals surface area contributed by atoms with E-state index in [9.17, 15) is 13.2 Å². The van der Waals surface area contributed by atoms with E-state index >= 15 is 0 Å². The lowest BCUT2D eigenvalue weighted by Gasteiger charge is -2.14. The Morgan fingerprint density at radius 3 is 2.58 bits per heavy atom. The predicted molar refractivity (Wildman–Crippen MR) is 134 cm³/mol. The lowest BCUT2D eigenvalue weighted by Crippen LogP contribution is -2.34. The van der Waals surface area contributed by atoms with Crippen molar-refractivity contribution in [3.63, 3.8) is 0 Å². The molecule has 1 heterocycles. The van der Waals surface area contributed by atoms with Gasteiger partial charge >= 0.3 is 0 Å². The molecule has 178 valence electrons. The smallest absolute Gasteiger partial charge is 0.257 e. The van der Waals surface area contributed by atoms with Crippen LogP contribution in [0.1, 0.15) is 37.0 Å². The number of amides is 1. The minimum Gasteiger partial charge on any atom is -0.490 e. The highest BCUT2D eigenvalue weighted by molar-refractivity contribution is 9.10. The molecule has 3 N–H and O–H groups in total. The van der Waals surface area contributed by atoms with E-state index in [1.165, 1.54) is 12.1 Å². The van der Waals surface area contributed by atoms with E-state index in [2.05, 4.69) is 31.3 Å². The van der Waals surface area contributed by atoms with E-state index in [-0.39, 0.29) is 34.7 Å². The third-order valence-electron chi connectivity index (χ3n) is 4.73. The molecule has 33 heavy (non-hydrogen) atoms. The van der Waals surface area contributed by atoms with Crippen LogP contribution in [0, 0.1) is 0 Å². The lowest BCUT2D eigenvalue weighted by molar-refractivity contribution is 0.0977. The number of nitrogens with one attached hydrogen (secondary N) is 3. The van der Waals surface area contributed by atoms with E-state index in [0.717, 1.165) is 12.8 Å². The number of hydrogen-bond acceptors (Lipinski definition) is 6. The van der Waals surface area contributed by atoms with E-state index in [1.807, 2.05) is 13.8 Å². The first kappa shape index (κ1) is 25.6. The van der Waals surface area contributed by atoms with Gasteiger partial charge in [-0.3, -0.25) is 10.1 Å². The summed E-state index contributed by atoms with van der Waals surface area (Å²) in [5.41, 5.74) is 0.945. The van der Waals surface area contributed by atoms with Gasteiger partial charge in [0.25, 0.3) is 5.91 Å². The topological polar surface area (TPSA) is 106 Å². The Kier molecular flexibility index (Phi) is 8.82. The van der Waals surface area contributed by atoms with Gasteiger partial charge in [0.2, 0.25) is 10.0 Å². The molecule has 0 radical (unpaired) electrons. The molecule has 1 amide bonds. The van der Waals surface area contributed by atoms with Crippen molar-refractivity contribution < 1.29 is 22.7 Å². The van der Waals surface area contributed by atoms with Gasteiger partial charge < -0.3 is 14.8 Å². The Hall–Kier alpha value is -2.05. The standard InChI is InChI=1S/C22H26BrN3O5S2/c1-14(2)31-20-10-5-15(12-19(20)23)21(27)26-22(32)25-16-6-8-18(9-7-16)33(28,29)24-13-17-4-3-11-30-17/h5-10,12,14,17,24H,3-4,11,13H2,1-2H3,(H2,25,26,27,32). The first-order valence-corrected chi connectivity index (χ1v) is 13.1. The van der Waals surface area contributed by atoms with Gasteiger partial charge in [-0.15, -0.1) is 0 Å². The highest BCUT2D eigenvalue weighted by Crippen LogP contribution is 2.27. The summed E-state index contributed by atoms with van der Waals surface area (Å²) >= 11 is 8.62. The average Bonchev–Trinajstić information content (AvgIpc) is 3.27. The van der Waals surface area contributed by atoms with Crippen LogP contribution in [0.25, 0.3) is 0 Å². The summed E-state index contributed by atoms with van der Waals surface area (Å²) in [5, 5.41) is 5.57. The number of anilines is 1. The summed E-state index contributed by atoms with van der Waals surface area (Å²) in [6.07, 6.45) is 1.72.